The summed E-state index contributed by atoms with van der Waals surface area (Å²) in [6, 6.07) is 3.04. The van der Waals surface area contributed by atoms with E-state index in [-0.39, 0.29) is 12.1 Å². The Labute approximate surface area is 91.8 Å². The number of halogens is 1. The number of benzene rings is 1. The molecule has 0 spiro atoms. The molecule has 1 heterocycles. The molecule has 5 heteroatoms. The fraction of sp³-hybridized carbons (Fsp3) is 0.364. The first-order valence-corrected chi connectivity index (χ1v) is 5.02. The van der Waals surface area contributed by atoms with Crippen LogP contribution in [0, 0.1) is 5.82 Å². The second kappa shape index (κ2) is 4.09. The van der Waals surface area contributed by atoms with Crippen LogP contribution in [0.15, 0.2) is 12.1 Å². The van der Waals surface area contributed by atoms with Gasteiger partial charge in [0.05, 0.1) is 12.5 Å². The van der Waals surface area contributed by atoms with Crippen LogP contribution in [0.2, 0.25) is 0 Å². The van der Waals surface area contributed by atoms with Crippen molar-refractivity contribution >= 4 is 5.97 Å². The van der Waals surface area contributed by atoms with E-state index in [1.54, 1.807) is 6.07 Å². The van der Waals surface area contributed by atoms with Crippen molar-refractivity contribution < 1.29 is 19.0 Å². The maximum Gasteiger partial charge on any atom is 0.312 e. The number of hydrogen-bond acceptors (Lipinski definition) is 3. The smallest absolute Gasteiger partial charge is 0.312 e. The van der Waals surface area contributed by atoms with Gasteiger partial charge in [0.2, 0.25) is 0 Å². The molecule has 0 aliphatic carbocycles. The van der Waals surface area contributed by atoms with E-state index in [0.717, 1.165) is 0 Å². The molecule has 1 aliphatic rings. The Bertz CT molecular complexity index is 433. The molecule has 16 heavy (non-hydrogen) atoms. The minimum atomic E-state index is -1.11. The van der Waals surface area contributed by atoms with Gasteiger partial charge in [0, 0.05) is 24.1 Å². The molecule has 1 unspecified atom stereocenters. The lowest BCUT2D eigenvalue weighted by molar-refractivity contribution is -0.138. The van der Waals surface area contributed by atoms with Crippen molar-refractivity contribution in [3.63, 3.8) is 0 Å². The van der Waals surface area contributed by atoms with Crippen molar-refractivity contribution in [3.05, 3.63) is 29.1 Å². The lowest BCUT2D eigenvalue weighted by Crippen LogP contribution is -2.22. The van der Waals surface area contributed by atoms with Gasteiger partial charge < -0.3 is 15.6 Å². The van der Waals surface area contributed by atoms with Gasteiger partial charge in [-0.15, -0.1) is 0 Å². The number of carboxylic acids is 1. The summed E-state index contributed by atoms with van der Waals surface area (Å²) in [5.41, 5.74) is 5.94. The highest BCUT2D eigenvalue weighted by atomic mass is 19.1. The Kier molecular flexibility index (Phi) is 2.78. The van der Waals surface area contributed by atoms with E-state index in [9.17, 15) is 9.18 Å². The number of hydrogen-bond donors (Lipinski definition) is 2. The first-order chi connectivity index (χ1) is 7.65. The van der Waals surface area contributed by atoms with Gasteiger partial charge >= 0.3 is 5.97 Å². The molecule has 0 saturated heterocycles. The quantitative estimate of drug-likeness (QED) is 0.801. The molecular formula is C11H12FNO3. The highest BCUT2D eigenvalue weighted by Gasteiger charge is 2.26. The topological polar surface area (TPSA) is 72.6 Å². The molecule has 3 N–H and O–H groups in total. The third kappa shape index (κ3) is 1.63. The van der Waals surface area contributed by atoms with Gasteiger partial charge in [-0.25, -0.2) is 4.39 Å². The van der Waals surface area contributed by atoms with E-state index in [2.05, 4.69) is 0 Å². The standard InChI is InChI=1S/C11H12FNO3/c12-10-6(8(5-13)11(14)15)1-2-9-7(10)3-4-16-9/h1-2,8H,3-5,13H2,(H,14,15). The molecular weight excluding hydrogens is 213 g/mol. The zero-order chi connectivity index (χ0) is 11.7. The van der Waals surface area contributed by atoms with Gasteiger partial charge in [0.25, 0.3) is 0 Å². The van der Waals surface area contributed by atoms with Crippen molar-refractivity contribution in [2.24, 2.45) is 5.73 Å². The van der Waals surface area contributed by atoms with Crippen LogP contribution in [0.25, 0.3) is 0 Å². The monoisotopic (exact) mass is 225 g/mol. The molecule has 1 atom stereocenters. The summed E-state index contributed by atoms with van der Waals surface area (Å²) in [6.07, 6.45) is 0.478. The molecule has 0 amide bonds. The normalized spacial score (nSPS) is 15.4. The molecule has 0 fully saturated rings. The van der Waals surface area contributed by atoms with E-state index in [1.807, 2.05) is 0 Å². The second-order valence-corrected chi connectivity index (χ2v) is 3.67. The molecule has 86 valence electrons. The van der Waals surface area contributed by atoms with Crippen LogP contribution in [0.5, 0.6) is 5.75 Å². The summed E-state index contributed by atoms with van der Waals surface area (Å²) < 4.78 is 19.2. The van der Waals surface area contributed by atoms with Crippen LogP contribution in [-0.4, -0.2) is 24.2 Å². The van der Waals surface area contributed by atoms with Gasteiger partial charge in [-0.2, -0.15) is 0 Å². The van der Waals surface area contributed by atoms with Gasteiger partial charge in [-0.05, 0) is 6.07 Å². The molecule has 0 bridgehead atoms. The highest BCUT2D eigenvalue weighted by Crippen LogP contribution is 2.32. The zero-order valence-electron chi connectivity index (χ0n) is 8.57. The number of rotatable bonds is 3. The van der Waals surface area contributed by atoms with Gasteiger partial charge in [-0.1, -0.05) is 6.07 Å². The Balaban J connectivity index is 2.46. The van der Waals surface area contributed by atoms with E-state index in [1.165, 1.54) is 6.07 Å². The fourth-order valence-electron chi connectivity index (χ4n) is 1.88. The van der Waals surface area contributed by atoms with Crippen molar-refractivity contribution in [2.45, 2.75) is 12.3 Å². The Morgan fingerprint density at radius 2 is 2.38 bits per heavy atom. The second-order valence-electron chi connectivity index (χ2n) is 3.67. The van der Waals surface area contributed by atoms with Crippen molar-refractivity contribution in [2.75, 3.05) is 13.2 Å². The first kappa shape index (κ1) is 10.9. The minimum Gasteiger partial charge on any atom is -0.493 e. The zero-order valence-corrected chi connectivity index (χ0v) is 8.57. The van der Waals surface area contributed by atoms with Crippen LogP contribution < -0.4 is 10.5 Å². The van der Waals surface area contributed by atoms with Crippen molar-refractivity contribution in [1.82, 2.24) is 0 Å². The van der Waals surface area contributed by atoms with Crippen LogP contribution in [0.1, 0.15) is 17.0 Å². The number of carboxylic acid groups (broad SMARTS) is 1. The summed E-state index contributed by atoms with van der Waals surface area (Å²) in [4.78, 5) is 10.9. The first-order valence-electron chi connectivity index (χ1n) is 5.02. The molecule has 1 aliphatic heterocycles. The minimum absolute atomic E-state index is 0.119. The summed E-state index contributed by atoms with van der Waals surface area (Å²) in [7, 11) is 0. The summed E-state index contributed by atoms with van der Waals surface area (Å²) in [6.45, 7) is 0.321. The maximum absolute atomic E-state index is 14.0. The number of carbonyl (C=O) groups is 1. The van der Waals surface area contributed by atoms with Gasteiger partial charge in [-0.3, -0.25) is 4.79 Å². The lowest BCUT2D eigenvalue weighted by Gasteiger charge is -2.12. The molecule has 1 aromatic carbocycles. The SMILES string of the molecule is NCC(C(=O)O)c1ccc2c(c1F)CCO2. The molecule has 2 rings (SSSR count). The van der Waals surface area contributed by atoms with E-state index >= 15 is 0 Å². The van der Waals surface area contributed by atoms with E-state index < -0.39 is 17.7 Å². The number of nitrogens with two attached hydrogens (primary N) is 1. The lowest BCUT2D eigenvalue weighted by atomic mass is 9.96. The van der Waals surface area contributed by atoms with E-state index in [0.29, 0.717) is 24.3 Å². The average Bonchev–Trinajstić information content (AvgIpc) is 2.70. The molecule has 0 saturated carbocycles. The van der Waals surface area contributed by atoms with Crippen molar-refractivity contribution in [3.8, 4) is 5.75 Å². The van der Waals surface area contributed by atoms with Crippen LogP contribution in [0.3, 0.4) is 0 Å². The number of fused-ring (bicyclic) bond motifs is 1. The van der Waals surface area contributed by atoms with Gasteiger partial charge in [0.15, 0.2) is 0 Å². The predicted octanol–water partition coefficient (Wildman–Crippen LogP) is 0.887. The molecule has 0 radical (unpaired) electrons. The number of ether oxygens (including phenoxy) is 1. The average molecular weight is 225 g/mol. The summed E-state index contributed by atoms with van der Waals surface area (Å²) >= 11 is 0. The molecule has 0 aromatic heterocycles. The van der Waals surface area contributed by atoms with E-state index in [4.69, 9.17) is 15.6 Å². The summed E-state index contributed by atoms with van der Waals surface area (Å²) in [5.74, 6) is -2.10. The Hall–Kier alpha value is -1.62. The third-order valence-corrected chi connectivity index (χ3v) is 2.75. The predicted molar refractivity (Wildman–Crippen MR) is 55.0 cm³/mol. The Morgan fingerprint density at radius 1 is 1.62 bits per heavy atom. The Morgan fingerprint density at radius 3 is 3.00 bits per heavy atom. The molecule has 1 aromatic rings. The van der Waals surface area contributed by atoms with Crippen LogP contribution >= 0.6 is 0 Å². The fourth-order valence-corrected chi connectivity index (χ4v) is 1.88. The largest absolute Gasteiger partial charge is 0.493 e. The highest BCUT2D eigenvalue weighted by molar-refractivity contribution is 5.76. The van der Waals surface area contributed by atoms with Crippen molar-refractivity contribution in [1.29, 1.82) is 0 Å². The van der Waals surface area contributed by atoms with Gasteiger partial charge in [0.1, 0.15) is 11.6 Å². The van der Waals surface area contributed by atoms with Crippen LogP contribution in [-0.2, 0) is 11.2 Å². The third-order valence-electron chi connectivity index (χ3n) is 2.75. The maximum atomic E-state index is 14.0. The van der Waals surface area contributed by atoms with Crippen LogP contribution in [0.4, 0.5) is 4.39 Å². The molecule has 4 nitrogen and oxygen atoms in total. The summed E-state index contributed by atoms with van der Waals surface area (Å²) in [5, 5.41) is 8.92. The number of aliphatic carboxylic acids is 1.